The molecule has 2 unspecified atom stereocenters. The van der Waals surface area contributed by atoms with Gasteiger partial charge in [0, 0.05) is 12.5 Å². The van der Waals surface area contributed by atoms with Gasteiger partial charge in [-0.05, 0) is 29.3 Å². The lowest BCUT2D eigenvalue weighted by atomic mass is 10.1. The zero-order valence-electron chi connectivity index (χ0n) is 17.4. The Kier molecular flexibility index (Phi) is 5.96. The summed E-state index contributed by atoms with van der Waals surface area (Å²) in [6, 6.07) is 21.2. The third-order valence-electron chi connectivity index (χ3n) is 5.52. The van der Waals surface area contributed by atoms with E-state index in [9.17, 15) is 4.79 Å². The Labute approximate surface area is 169 Å². The molecule has 5 heteroatoms. The molecule has 0 radical (unpaired) electrons. The number of cyclic esters (lactones) is 1. The Morgan fingerprint density at radius 2 is 1.54 bits per heavy atom. The van der Waals surface area contributed by atoms with Crippen molar-refractivity contribution in [3.05, 3.63) is 60.7 Å². The van der Waals surface area contributed by atoms with Crippen molar-refractivity contribution < 1.29 is 14.0 Å². The zero-order valence-corrected chi connectivity index (χ0v) is 18.4. The lowest BCUT2D eigenvalue weighted by Crippen LogP contribution is -2.67. The smallest absolute Gasteiger partial charge is 0.407 e. The van der Waals surface area contributed by atoms with Crippen LogP contribution < -0.4 is 15.7 Å². The summed E-state index contributed by atoms with van der Waals surface area (Å²) in [5.41, 5.74) is 0. The number of nitrogens with one attached hydrogen (secondary N) is 1. The number of carbonyl (C=O) groups excluding carboxylic acids is 1. The highest BCUT2D eigenvalue weighted by Gasteiger charge is 2.51. The lowest BCUT2D eigenvalue weighted by molar-refractivity contribution is 0.0890. The fourth-order valence-corrected chi connectivity index (χ4v) is 8.89. The number of benzene rings is 2. The highest BCUT2D eigenvalue weighted by molar-refractivity contribution is 6.99. The molecule has 1 N–H and O–H groups in total. The van der Waals surface area contributed by atoms with Crippen molar-refractivity contribution in [2.24, 2.45) is 0 Å². The van der Waals surface area contributed by atoms with Crippen LogP contribution >= 0.6 is 0 Å². The molecule has 3 rings (SSSR count). The number of alkyl carbamates (subject to hydrolysis) is 1. The molecule has 1 saturated heterocycles. The van der Waals surface area contributed by atoms with Gasteiger partial charge in [0.1, 0.15) is 6.10 Å². The molecule has 0 saturated carbocycles. The summed E-state index contributed by atoms with van der Waals surface area (Å²) in [5.74, 6) is 0. The molecule has 1 aliphatic heterocycles. The van der Waals surface area contributed by atoms with Crippen LogP contribution in [-0.4, -0.2) is 32.7 Å². The van der Waals surface area contributed by atoms with Gasteiger partial charge in [0.2, 0.25) is 0 Å². The van der Waals surface area contributed by atoms with Crippen LogP contribution in [0.2, 0.25) is 5.04 Å². The number of rotatable bonds is 6. The summed E-state index contributed by atoms with van der Waals surface area (Å²) in [5, 5.41) is 5.27. The van der Waals surface area contributed by atoms with Crippen molar-refractivity contribution in [2.45, 2.75) is 64.3 Å². The summed E-state index contributed by atoms with van der Waals surface area (Å²) in [7, 11) is -2.58. The van der Waals surface area contributed by atoms with Crippen molar-refractivity contribution in [1.82, 2.24) is 5.32 Å². The van der Waals surface area contributed by atoms with Crippen molar-refractivity contribution >= 4 is 24.8 Å². The quantitative estimate of drug-likeness (QED) is 0.754. The predicted octanol–water partition coefficient (Wildman–Crippen LogP) is 3.84. The Balaban J connectivity index is 2.00. The van der Waals surface area contributed by atoms with Crippen molar-refractivity contribution in [3.63, 3.8) is 0 Å². The molecule has 1 amide bonds. The van der Waals surface area contributed by atoms with E-state index in [2.05, 4.69) is 81.5 Å². The first-order chi connectivity index (χ1) is 13.2. The third kappa shape index (κ3) is 4.01. The highest BCUT2D eigenvalue weighted by Crippen LogP contribution is 2.38. The van der Waals surface area contributed by atoms with Crippen LogP contribution in [0, 0.1) is 0 Å². The third-order valence-corrected chi connectivity index (χ3v) is 10.7. The number of hydrogen-bond acceptors (Lipinski definition) is 3. The fourth-order valence-electron chi connectivity index (χ4n) is 4.17. The monoisotopic (exact) mass is 397 g/mol. The Morgan fingerprint density at radius 3 is 1.93 bits per heavy atom. The van der Waals surface area contributed by atoms with Crippen LogP contribution in [-0.2, 0) is 9.16 Å². The van der Waals surface area contributed by atoms with Crippen LogP contribution in [0.5, 0.6) is 0 Å². The molecule has 0 aliphatic carbocycles. The molecule has 1 fully saturated rings. The second-order valence-corrected chi connectivity index (χ2v) is 13.0. The second kappa shape index (κ2) is 8.09. The Bertz CT molecular complexity index is 749. The molecule has 0 bridgehead atoms. The van der Waals surface area contributed by atoms with E-state index in [0.717, 1.165) is 0 Å². The molecular formula is C23H31NO3Si. The topological polar surface area (TPSA) is 47.6 Å². The van der Waals surface area contributed by atoms with Crippen molar-refractivity contribution in [2.75, 3.05) is 0 Å². The van der Waals surface area contributed by atoms with E-state index >= 15 is 0 Å². The van der Waals surface area contributed by atoms with Gasteiger partial charge < -0.3 is 14.5 Å². The summed E-state index contributed by atoms with van der Waals surface area (Å²) >= 11 is 0. The fraction of sp³-hybridized carbons (Fsp3) is 0.435. The minimum atomic E-state index is -2.58. The minimum absolute atomic E-state index is 0.00213. The van der Waals surface area contributed by atoms with E-state index in [4.69, 9.17) is 9.16 Å². The second-order valence-electron chi connectivity index (χ2n) is 8.70. The number of amides is 1. The molecule has 1 heterocycles. The van der Waals surface area contributed by atoms with Gasteiger partial charge in [-0.25, -0.2) is 4.79 Å². The predicted molar refractivity (Wildman–Crippen MR) is 116 cm³/mol. The van der Waals surface area contributed by atoms with E-state index in [1.54, 1.807) is 0 Å². The molecule has 150 valence electrons. The van der Waals surface area contributed by atoms with Gasteiger partial charge in [0.25, 0.3) is 8.32 Å². The van der Waals surface area contributed by atoms with Gasteiger partial charge >= 0.3 is 6.09 Å². The average Bonchev–Trinajstić information content (AvgIpc) is 2.97. The highest BCUT2D eigenvalue weighted by atomic mass is 28.4. The van der Waals surface area contributed by atoms with Gasteiger partial charge in [-0.3, -0.25) is 0 Å². The van der Waals surface area contributed by atoms with E-state index in [-0.39, 0.29) is 29.4 Å². The van der Waals surface area contributed by atoms with E-state index < -0.39 is 8.32 Å². The lowest BCUT2D eigenvalue weighted by Gasteiger charge is -2.45. The van der Waals surface area contributed by atoms with Crippen molar-refractivity contribution in [1.29, 1.82) is 0 Å². The largest absolute Gasteiger partial charge is 0.444 e. The first-order valence-corrected chi connectivity index (χ1v) is 11.9. The molecule has 28 heavy (non-hydrogen) atoms. The van der Waals surface area contributed by atoms with Gasteiger partial charge in [-0.15, -0.1) is 0 Å². The van der Waals surface area contributed by atoms with Gasteiger partial charge in [-0.2, -0.15) is 0 Å². The molecule has 2 aromatic rings. The standard InChI is InChI=1S/C23H31NO3Si/c1-17(16-21-18(2)24-22(25)26-21)27-28(23(3,4)5,19-12-8-6-9-13-19)20-14-10-7-11-15-20/h6-15,17-18,21H,16H2,1-5H3,(H,24,25)/t17-,18?,21?/m0/s1. The minimum Gasteiger partial charge on any atom is -0.444 e. The zero-order chi connectivity index (χ0) is 20.4. The van der Waals surface area contributed by atoms with Crippen LogP contribution in [0.15, 0.2) is 60.7 Å². The SMILES string of the molecule is CC1NC(=O)OC1C[C@H](C)O[Si](c1ccccc1)(c1ccccc1)C(C)(C)C. The van der Waals surface area contributed by atoms with Crippen LogP contribution in [0.4, 0.5) is 4.79 Å². The van der Waals surface area contributed by atoms with Crippen molar-refractivity contribution in [3.8, 4) is 0 Å². The Hall–Kier alpha value is -2.11. The van der Waals surface area contributed by atoms with Gasteiger partial charge in [0.05, 0.1) is 6.04 Å². The number of ether oxygens (including phenoxy) is 1. The maximum atomic E-state index is 11.6. The first-order valence-electron chi connectivity index (χ1n) is 10.00. The van der Waals surface area contributed by atoms with E-state index in [1.165, 1.54) is 10.4 Å². The number of carbonyl (C=O) groups is 1. The van der Waals surface area contributed by atoms with Crippen LogP contribution in [0.3, 0.4) is 0 Å². The molecule has 3 atom stereocenters. The molecule has 0 spiro atoms. The van der Waals surface area contributed by atoms with Crippen LogP contribution in [0.1, 0.15) is 41.0 Å². The maximum Gasteiger partial charge on any atom is 0.407 e. The summed E-state index contributed by atoms with van der Waals surface area (Å²) in [6.07, 6.45) is 0.118. The van der Waals surface area contributed by atoms with Gasteiger partial charge in [-0.1, -0.05) is 81.4 Å². The maximum absolute atomic E-state index is 11.6. The number of hydrogen-bond donors (Lipinski definition) is 1. The normalized spacial score (nSPS) is 21.1. The average molecular weight is 398 g/mol. The molecular weight excluding hydrogens is 366 g/mol. The van der Waals surface area contributed by atoms with E-state index in [0.29, 0.717) is 6.42 Å². The summed E-state index contributed by atoms with van der Waals surface area (Å²) in [6.45, 7) is 10.9. The summed E-state index contributed by atoms with van der Waals surface area (Å²) in [4.78, 5) is 11.6. The molecule has 4 nitrogen and oxygen atoms in total. The van der Waals surface area contributed by atoms with Crippen LogP contribution in [0.25, 0.3) is 0 Å². The Morgan fingerprint density at radius 1 is 1.04 bits per heavy atom. The molecule has 2 aromatic carbocycles. The first kappa shape index (κ1) is 20.6. The molecule has 1 aliphatic rings. The van der Waals surface area contributed by atoms with Gasteiger partial charge in [0.15, 0.2) is 0 Å². The van der Waals surface area contributed by atoms with E-state index in [1.807, 2.05) is 19.1 Å². The molecule has 0 aromatic heterocycles. The summed E-state index contributed by atoms with van der Waals surface area (Å²) < 4.78 is 12.5.